The van der Waals surface area contributed by atoms with Gasteiger partial charge in [-0.3, -0.25) is 4.79 Å². The van der Waals surface area contributed by atoms with E-state index >= 15 is 0 Å². The molecule has 0 aliphatic rings. The van der Waals surface area contributed by atoms with Gasteiger partial charge in [0.05, 0.1) is 10.9 Å². The Morgan fingerprint density at radius 2 is 1.52 bits per heavy atom. The second kappa shape index (κ2) is 7.83. The number of hydrogen-bond donors (Lipinski definition) is 0. The minimum absolute atomic E-state index is 0.106. The number of methoxy groups -OCH3 is 2. The van der Waals surface area contributed by atoms with Gasteiger partial charge < -0.3 is 23.4 Å². The molecule has 0 aliphatic carbocycles. The van der Waals surface area contributed by atoms with E-state index in [0.717, 1.165) is 5.56 Å². The maximum absolute atomic E-state index is 12.7. The fourth-order valence-electron chi connectivity index (χ4n) is 2.38. The highest BCUT2D eigenvalue weighted by Crippen LogP contribution is 2.24. The van der Waals surface area contributed by atoms with Gasteiger partial charge in [-0.25, -0.2) is 0 Å². The van der Waals surface area contributed by atoms with E-state index in [9.17, 15) is 4.79 Å². The fraction of sp³-hybridized carbons (Fsp3) is 0.211. The Labute approximate surface area is 144 Å². The Morgan fingerprint density at radius 1 is 0.880 bits per heavy atom. The van der Waals surface area contributed by atoms with E-state index in [1.165, 1.54) is 6.26 Å². The van der Waals surface area contributed by atoms with E-state index < -0.39 is 0 Å². The molecule has 0 N–H and O–H groups in total. The number of hydrogen-bond acceptors (Lipinski definition) is 6. The van der Waals surface area contributed by atoms with Crippen LogP contribution < -0.4 is 14.9 Å². The third-order valence-corrected chi connectivity index (χ3v) is 3.60. The van der Waals surface area contributed by atoms with Crippen LogP contribution in [-0.2, 0) is 9.47 Å². The third-order valence-electron chi connectivity index (χ3n) is 3.60. The van der Waals surface area contributed by atoms with Crippen molar-refractivity contribution in [3.63, 3.8) is 0 Å². The van der Waals surface area contributed by atoms with Crippen LogP contribution in [-0.4, -0.2) is 27.8 Å². The van der Waals surface area contributed by atoms with Crippen molar-refractivity contribution >= 4 is 11.0 Å². The van der Waals surface area contributed by atoms with Gasteiger partial charge in [0.2, 0.25) is 0 Å². The molecule has 130 valence electrons. The molecule has 1 aromatic heterocycles. The normalized spacial score (nSPS) is 10.8. The SMILES string of the molecule is COCOc1ccc(-c2coc3cc(OCOC)ccc3c2=O)cc1. The molecule has 0 bridgehead atoms. The lowest BCUT2D eigenvalue weighted by Gasteiger charge is -2.07. The molecule has 2 aromatic carbocycles. The maximum atomic E-state index is 12.7. The van der Waals surface area contributed by atoms with Gasteiger partial charge in [0.25, 0.3) is 0 Å². The van der Waals surface area contributed by atoms with Crippen LogP contribution in [0.3, 0.4) is 0 Å². The molecule has 6 heteroatoms. The molecule has 0 aliphatic heterocycles. The van der Waals surface area contributed by atoms with Crippen LogP contribution in [0.5, 0.6) is 11.5 Å². The Hall–Kier alpha value is -2.83. The Balaban J connectivity index is 1.92. The van der Waals surface area contributed by atoms with Crippen molar-refractivity contribution in [2.24, 2.45) is 0 Å². The second-order valence-electron chi connectivity index (χ2n) is 5.26. The lowest BCUT2D eigenvalue weighted by atomic mass is 10.1. The van der Waals surface area contributed by atoms with E-state index in [-0.39, 0.29) is 19.0 Å². The summed E-state index contributed by atoms with van der Waals surface area (Å²) in [6.07, 6.45) is 1.45. The smallest absolute Gasteiger partial charge is 0.200 e. The van der Waals surface area contributed by atoms with Gasteiger partial charge in [-0.1, -0.05) is 12.1 Å². The summed E-state index contributed by atoms with van der Waals surface area (Å²) in [5.41, 5.74) is 1.59. The zero-order valence-corrected chi connectivity index (χ0v) is 14.0. The van der Waals surface area contributed by atoms with Crippen molar-refractivity contribution in [3.8, 4) is 22.6 Å². The number of ether oxygens (including phenoxy) is 4. The number of rotatable bonds is 7. The Morgan fingerprint density at radius 3 is 2.20 bits per heavy atom. The predicted octanol–water partition coefficient (Wildman–Crippen LogP) is 3.43. The van der Waals surface area contributed by atoms with Crippen molar-refractivity contribution in [1.82, 2.24) is 0 Å². The molecular formula is C19H18O6. The van der Waals surface area contributed by atoms with Crippen LogP contribution in [0.25, 0.3) is 22.1 Å². The second-order valence-corrected chi connectivity index (χ2v) is 5.26. The molecule has 0 radical (unpaired) electrons. The molecule has 0 saturated heterocycles. The van der Waals surface area contributed by atoms with Crippen LogP contribution in [0.4, 0.5) is 0 Å². The Kier molecular flexibility index (Phi) is 5.33. The topological polar surface area (TPSA) is 67.1 Å². The first-order chi connectivity index (χ1) is 12.2. The zero-order valence-electron chi connectivity index (χ0n) is 14.0. The molecule has 0 amide bonds. The first kappa shape index (κ1) is 17.0. The molecule has 0 saturated carbocycles. The molecule has 3 rings (SSSR count). The van der Waals surface area contributed by atoms with Gasteiger partial charge in [0, 0.05) is 20.3 Å². The molecule has 0 spiro atoms. The molecule has 3 aromatic rings. The molecule has 0 fully saturated rings. The molecule has 6 nitrogen and oxygen atoms in total. The predicted molar refractivity (Wildman–Crippen MR) is 92.9 cm³/mol. The van der Waals surface area contributed by atoms with Crippen molar-refractivity contribution in [2.45, 2.75) is 0 Å². The number of benzene rings is 2. The summed E-state index contributed by atoms with van der Waals surface area (Å²) in [5, 5.41) is 0.488. The molecule has 0 atom stereocenters. The van der Waals surface area contributed by atoms with Crippen LogP contribution >= 0.6 is 0 Å². The van der Waals surface area contributed by atoms with E-state index in [2.05, 4.69) is 0 Å². The van der Waals surface area contributed by atoms with Gasteiger partial charge in [0.15, 0.2) is 19.0 Å². The first-order valence-electron chi connectivity index (χ1n) is 7.62. The highest BCUT2D eigenvalue weighted by atomic mass is 16.7. The summed E-state index contributed by atoms with van der Waals surface area (Å²) in [4.78, 5) is 12.7. The van der Waals surface area contributed by atoms with Gasteiger partial charge in [-0.15, -0.1) is 0 Å². The third kappa shape index (κ3) is 3.81. The quantitative estimate of drug-likeness (QED) is 0.613. The Bertz CT molecular complexity index is 898. The highest BCUT2D eigenvalue weighted by molar-refractivity contribution is 5.82. The largest absolute Gasteiger partial charge is 0.468 e. The average molecular weight is 342 g/mol. The molecule has 1 heterocycles. The average Bonchev–Trinajstić information content (AvgIpc) is 2.65. The summed E-state index contributed by atoms with van der Waals surface area (Å²) in [6, 6.07) is 12.2. The van der Waals surface area contributed by atoms with Crippen molar-refractivity contribution in [2.75, 3.05) is 27.8 Å². The lowest BCUT2D eigenvalue weighted by Crippen LogP contribution is -2.05. The first-order valence-corrected chi connectivity index (χ1v) is 7.62. The van der Waals surface area contributed by atoms with Crippen LogP contribution in [0.1, 0.15) is 0 Å². The van der Waals surface area contributed by atoms with Gasteiger partial charge >= 0.3 is 0 Å². The van der Waals surface area contributed by atoms with Crippen LogP contribution in [0.15, 0.2) is 57.9 Å². The summed E-state index contributed by atoms with van der Waals surface area (Å²) in [6.45, 7) is 0.302. The summed E-state index contributed by atoms with van der Waals surface area (Å²) < 4.78 is 26.0. The molecular weight excluding hydrogens is 324 g/mol. The maximum Gasteiger partial charge on any atom is 0.200 e. The summed E-state index contributed by atoms with van der Waals surface area (Å²) >= 11 is 0. The van der Waals surface area contributed by atoms with Crippen LogP contribution in [0, 0.1) is 0 Å². The fourth-order valence-corrected chi connectivity index (χ4v) is 2.38. The van der Waals surface area contributed by atoms with E-state index in [1.54, 1.807) is 56.7 Å². The van der Waals surface area contributed by atoms with Crippen LogP contribution in [0.2, 0.25) is 0 Å². The van der Waals surface area contributed by atoms with Gasteiger partial charge in [0.1, 0.15) is 23.3 Å². The lowest BCUT2D eigenvalue weighted by molar-refractivity contribution is 0.0510. The standard InChI is InChI=1S/C19H18O6/c1-21-11-24-14-5-3-13(4-6-14)17-10-23-18-9-15(25-12-22-2)7-8-16(18)19(17)20/h3-10H,11-12H2,1-2H3. The van der Waals surface area contributed by atoms with Crippen molar-refractivity contribution < 1.29 is 23.4 Å². The van der Waals surface area contributed by atoms with E-state index in [1.807, 2.05) is 0 Å². The van der Waals surface area contributed by atoms with E-state index in [4.69, 9.17) is 23.4 Å². The van der Waals surface area contributed by atoms with Gasteiger partial charge in [-0.2, -0.15) is 0 Å². The highest BCUT2D eigenvalue weighted by Gasteiger charge is 2.10. The minimum atomic E-state index is -0.106. The monoisotopic (exact) mass is 342 g/mol. The number of fused-ring (bicyclic) bond motifs is 1. The zero-order chi connectivity index (χ0) is 17.6. The van der Waals surface area contributed by atoms with E-state index in [0.29, 0.717) is 28.0 Å². The van der Waals surface area contributed by atoms with Gasteiger partial charge in [-0.05, 0) is 29.8 Å². The van der Waals surface area contributed by atoms with Crippen molar-refractivity contribution in [3.05, 3.63) is 59.0 Å². The molecule has 0 unspecified atom stereocenters. The molecule has 25 heavy (non-hydrogen) atoms. The minimum Gasteiger partial charge on any atom is -0.468 e. The summed E-state index contributed by atoms with van der Waals surface area (Å²) in [5.74, 6) is 1.24. The van der Waals surface area contributed by atoms with Crippen molar-refractivity contribution in [1.29, 1.82) is 0 Å². The summed E-state index contributed by atoms with van der Waals surface area (Å²) in [7, 11) is 3.10.